The van der Waals surface area contributed by atoms with Gasteiger partial charge in [0.1, 0.15) is 5.82 Å². The smallest absolute Gasteiger partial charge is 0.262 e. The highest BCUT2D eigenvalue weighted by molar-refractivity contribution is 6.33. The number of aryl methyl sites for hydroxylation is 1. The summed E-state index contributed by atoms with van der Waals surface area (Å²) in [5.41, 5.74) is 1.11. The number of halogens is 2. The summed E-state index contributed by atoms with van der Waals surface area (Å²) >= 11 is 5.91. The minimum Gasteiger partial charge on any atom is -0.467 e. The van der Waals surface area contributed by atoms with Gasteiger partial charge in [0.2, 0.25) is 11.8 Å². The third kappa shape index (κ3) is 5.53. The van der Waals surface area contributed by atoms with Gasteiger partial charge in [-0.25, -0.2) is 9.37 Å². The Balaban J connectivity index is 1.62. The normalized spacial score (nSPS) is 14.6. The fourth-order valence-electron chi connectivity index (χ4n) is 2.93. The van der Waals surface area contributed by atoms with Gasteiger partial charge < -0.3 is 15.0 Å². The summed E-state index contributed by atoms with van der Waals surface area (Å²) in [5, 5.41) is 2.72. The van der Waals surface area contributed by atoms with E-state index in [4.69, 9.17) is 16.3 Å². The Bertz CT molecular complexity index is 810. The zero-order valence-electron chi connectivity index (χ0n) is 15.2. The van der Waals surface area contributed by atoms with Crippen LogP contribution in [0.5, 0.6) is 5.88 Å². The standard InChI is InChI=1S/C19H22ClFN4O2/c1-13-10-18(24-19(22-13)25-8-4-2-3-5-9-25)27-12-17(26)23-16-7-6-14(21)11-15(16)20/h6-7,10-11H,2-5,8-9,12H2,1H3,(H,23,26). The number of nitrogens with zero attached hydrogens (tertiary/aromatic N) is 3. The number of hydrogen-bond acceptors (Lipinski definition) is 5. The van der Waals surface area contributed by atoms with E-state index < -0.39 is 11.7 Å². The van der Waals surface area contributed by atoms with E-state index >= 15 is 0 Å². The monoisotopic (exact) mass is 392 g/mol. The number of amides is 1. The van der Waals surface area contributed by atoms with Crippen molar-refractivity contribution in [2.45, 2.75) is 32.6 Å². The molecule has 3 rings (SSSR count). The first-order valence-electron chi connectivity index (χ1n) is 8.99. The number of hydrogen-bond donors (Lipinski definition) is 1. The van der Waals surface area contributed by atoms with Crippen LogP contribution in [0.15, 0.2) is 24.3 Å². The van der Waals surface area contributed by atoms with Crippen LogP contribution in [0.25, 0.3) is 0 Å². The number of carbonyl (C=O) groups is 1. The predicted octanol–water partition coefficient (Wildman–Crippen LogP) is 3.98. The summed E-state index contributed by atoms with van der Waals surface area (Å²) in [7, 11) is 0. The lowest BCUT2D eigenvalue weighted by molar-refractivity contribution is -0.118. The molecule has 8 heteroatoms. The SMILES string of the molecule is Cc1cc(OCC(=O)Nc2ccc(F)cc2Cl)nc(N2CCCCCC2)n1. The first-order valence-corrected chi connectivity index (χ1v) is 9.37. The molecule has 0 saturated carbocycles. The Morgan fingerprint density at radius 2 is 1.96 bits per heavy atom. The molecule has 0 atom stereocenters. The number of anilines is 2. The van der Waals surface area contributed by atoms with Crippen LogP contribution in [0.3, 0.4) is 0 Å². The Morgan fingerprint density at radius 3 is 2.67 bits per heavy atom. The Morgan fingerprint density at radius 1 is 1.22 bits per heavy atom. The van der Waals surface area contributed by atoms with Crippen LogP contribution in [0, 0.1) is 12.7 Å². The third-order valence-electron chi connectivity index (χ3n) is 4.26. The van der Waals surface area contributed by atoms with Gasteiger partial charge in [-0.1, -0.05) is 24.4 Å². The molecule has 1 aromatic carbocycles. The number of rotatable bonds is 5. The van der Waals surface area contributed by atoms with Crippen molar-refractivity contribution in [3.05, 3.63) is 40.8 Å². The molecule has 1 N–H and O–H groups in total. The molecular formula is C19H22ClFN4O2. The Hall–Kier alpha value is -2.41. The lowest BCUT2D eigenvalue weighted by Crippen LogP contribution is -2.26. The van der Waals surface area contributed by atoms with E-state index in [-0.39, 0.29) is 11.6 Å². The van der Waals surface area contributed by atoms with Crippen molar-refractivity contribution < 1.29 is 13.9 Å². The van der Waals surface area contributed by atoms with Gasteiger partial charge in [0, 0.05) is 24.8 Å². The number of ether oxygens (including phenoxy) is 1. The molecular weight excluding hydrogens is 371 g/mol. The summed E-state index contributed by atoms with van der Waals surface area (Å²) in [6, 6.07) is 5.46. The molecule has 0 bridgehead atoms. The van der Waals surface area contributed by atoms with Gasteiger partial charge in [0.15, 0.2) is 6.61 Å². The van der Waals surface area contributed by atoms with E-state index in [2.05, 4.69) is 20.2 Å². The molecule has 144 valence electrons. The van der Waals surface area contributed by atoms with Crippen molar-refractivity contribution >= 4 is 29.1 Å². The second kappa shape index (κ2) is 8.99. The zero-order chi connectivity index (χ0) is 19.2. The third-order valence-corrected chi connectivity index (χ3v) is 4.58. The van der Waals surface area contributed by atoms with Gasteiger partial charge in [-0.2, -0.15) is 4.98 Å². The molecule has 0 radical (unpaired) electrons. The average molecular weight is 393 g/mol. The molecule has 1 fully saturated rings. The summed E-state index contributed by atoms with van der Waals surface area (Å²) in [4.78, 5) is 23.2. The first-order chi connectivity index (χ1) is 13.0. The maximum absolute atomic E-state index is 13.1. The fourth-order valence-corrected chi connectivity index (χ4v) is 3.14. The topological polar surface area (TPSA) is 67.3 Å². The highest BCUT2D eigenvalue weighted by Gasteiger charge is 2.15. The number of nitrogens with one attached hydrogen (secondary N) is 1. The number of carbonyl (C=O) groups excluding carboxylic acids is 1. The van der Waals surface area contributed by atoms with Crippen molar-refractivity contribution in [1.29, 1.82) is 0 Å². The van der Waals surface area contributed by atoms with Gasteiger partial charge in [-0.05, 0) is 38.0 Å². The van der Waals surface area contributed by atoms with E-state index in [1.54, 1.807) is 6.07 Å². The zero-order valence-corrected chi connectivity index (χ0v) is 15.9. The van der Waals surface area contributed by atoms with E-state index in [9.17, 15) is 9.18 Å². The largest absolute Gasteiger partial charge is 0.467 e. The summed E-state index contributed by atoms with van der Waals surface area (Å²) in [6.45, 7) is 3.48. The van der Waals surface area contributed by atoms with Crippen molar-refractivity contribution in [2.75, 3.05) is 29.9 Å². The van der Waals surface area contributed by atoms with E-state index in [0.29, 0.717) is 17.5 Å². The molecule has 1 aromatic heterocycles. The molecule has 1 aliphatic heterocycles. The molecule has 27 heavy (non-hydrogen) atoms. The molecule has 0 spiro atoms. The number of aromatic nitrogens is 2. The van der Waals surface area contributed by atoms with Crippen LogP contribution in [0.2, 0.25) is 5.02 Å². The van der Waals surface area contributed by atoms with Crippen molar-refractivity contribution in [3.8, 4) is 5.88 Å². The van der Waals surface area contributed by atoms with Gasteiger partial charge in [-0.15, -0.1) is 0 Å². The van der Waals surface area contributed by atoms with E-state index in [1.807, 2.05) is 6.92 Å². The molecule has 2 heterocycles. The van der Waals surface area contributed by atoms with Crippen molar-refractivity contribution in [1.82, 2.24) is 9.97 Å². The Kier molecular flexibility index (Phi) is 6.45. The van der Waals surface area contributed by atoms with Gasteiger partial charge in [-0.3, -0.25) is 4.79 Å². The van der Waals surface area contributed by atoms with Crippen molar-refractivity contribution in [3.63, 3.8) is 0 Å². The van der Waals surface area contributed by atoms with Crippen molar-refractivity contribution in [2.24, 2.45) is 0 Å². The summed E-state index contributed by atoms with van der Waals surface area (Å²) in [5.74, 6) is 0.110. The Labute approximate surface area is 162 Å². The molecule has 6 nitrogen and oxygen atoms in total. The van der Waals surface area contributed by atoms with Gasteiger partial charge >= 0.3 is 0 Å². The molecule has 2 aromatic rings. The van der Waals surface area contributed by atoms with E-state index in [1.165, 1.54) is 25.0 Å². The summed E-state index contributed by atoms with van der Waals surface area (Å²) < 4.78 is 18.6. The molecule has 0 aliphatic carbocycles. The maximum Gasteiger partial charge on any atom is 0.262 e. The van der Waals surface area contributed by atoms with Crippen LogP contribution >= 0.6 is 11.6 Å². The van der Waals surface area contributed by atoms with Gasteiger partial charge in [0.25, 0.3) is 5.91 Å². The lowest BCUT2D eigenvalue weighted by atomic mass is 10.2. The highest BCUT2D eigenvalue weighted by atomic mass is 35.5. The maximum atomic E-state index is 13.1. The highest BCUT2D eigenvalue weighted by Crippen LogP contribution is 2.23. The molecule has 1 saturated heterocycles. The van der Waals surface area contributed by atoms with E-state index in [0.717, 1.165) is 37.7 Å². The molecule has 0 unspecified atom stereocenters. The quantitative estimate of drug-likeness (QED) is 0.833. The minimum atomic E-state index is -0.466. The van der Waals surface area contributed by atoms with Crippen LogP contribution in [-0.2, 0) is 4.79 Å². The minimum absolute atomic E-state index is 0.129. The lowest BCUT2D eigenvalue weighted by Gasteiger charge is -2.21. The fraction of sp³-hybridized carbons (Fsp3) is 0.421. The van der Waals surface area contributed by atoms with Crippen LogP contribution < -0.4 is 15.0 Å². The molecule has 1 amide bonds. The average Bonchev–Trinajstić information content (AvgIpc) is 2.91. The van der Waals surface area contributed by atoms with Crippen LogP contribution in [0.1, 0.15) is 31.4 Å². The second-order valence-corrected chi connectivity index (χ2v) is 6.92. The van der Waals surface area contributed by atoms with Gasteiger partial charge in [0.05, 0.1) is 10.7 Å². The first kappa shape index (κ1) is 19.4. The predicted molar refractivity (Wildman–Crippen MR) is 103 cm³/mol. The summed E-state index contributed by atoms with van der Waals surface area (Å²) in [6.07, 6.45) is 4.68. The van der Waals surface area contributed by atoms with Crippen LogP contribution in [-0.4, -0.2) is 35.6 Å². The molecule has 1 aliphatic rings. The van der Waals surface area contributed by atoms with Crippen LogP contribution in [0.4, 0.5) is 16.0 Å². The second-order valence-electron chi connectivity index (χ2n) is 6.51. The number of benzene rings is 1.